The second kappa shape index (κ2) is 9.93. The number of imidazole rings is 1. The van der Waals surface area contributed by atoms with Crippen LogP contribution in [0.4, 0.5) is 5.69 Å². The number of fused-ring (bicyclic) bond motifs is 1. The summed E-state index contributed by atoms with van der Waals surface area (Å²) in [4.78, 5) is 40.7. The van der Waals surface area contributed by atoms with Gasteiger partial charge in [0.2, 0.25) is 11.8 Å². The number of amides is 3. The molecule has 1 aromatic heterocycles. The Morgan fingerprint density at radius 1 is 1.10 bits per heavy atom. The molecule has 3 amide bonds. The number of anilines is 1. The van der Waals surface area contributed by atoms with E-state index in [0.717, 1.165) is 16.9 Å². The Bertz CT molecular complexity index is 1080. The van der Waals surface area contributed by atoms with Crippen LogP contribution in [0.2, 0.25) is 0 Å². The van der Waals surface area contributed by atoms with Gasteiger partial charge in [0.1, 0.15) is 12.4 Å². The van der Waals surface area contributed by atoms with E-state index in [1.54, 1.807) is 36.0 Å². The van der Waals surface area contributed by atoms with Crippen LogP contribution in [-0.4, -0.2) is 40.1 Å². The minimum absolute atomic E-state index is 0.0478. The van der Waals surface area contributed by atoms with E-state index in [1.165, 1.54) is 0 Å². The number of para-hydroxylation sites is 3. The Morgan fingerprint density at radius 3 is 2.60 bits per heavy atom. The van der Waals surface area contributed by atoms with Gasteiger partial charge >= 0.3 is 0 Å². The summed E-state index contributed by atoms with van der Waals surface area (Å²) in [7, 11) is 0. The predicted octanol–water partition coefficient (Wildman–Crippen LogP) is 2.14. The van der Waals surface area contributed by atoms with Gasteiger partial charge < -0.3 is 20.9 Å². The molecule has 0 fully saturated rings. The molecule has 8 nitrogen and oxygen atoms in total. The lowest BCUT2D eigenvalue weighted by atomic mass is 10.1. The number of aromatic nitrogens is 2. The molecule has 0 radical (unpaired) electrons. The maximum atomic E-state index is 12.8. The fraction of sp³-hybridized carbons (Fsp3) is 0.238. The van der Waals surface area contributed by atoms with Crippen molar-refractivity contribution in [1.29, 1.82) is 0 Å². The number of hydrogen-bond donors (Lipinski definition) is 3. The summed E-state index contributed by atoms with van der Waals surface area (Å²) < 4.78 is 1.89. The lowest BCUT2D eigenvalue weighted by Crippen LogP contribution is -2.29. The van der Waals surface area contributed by atoms with Crippen molar-refractivity contribution in [2.45, 2.75) is 18.7 Å². The average molecular weight is 426 g/mol. The summed E-state index contributed by atoms with van der Waals surface area (Å²) >= 11 is 1.63. The van der Waals surface area contributed by atoms with E-state index >= 15 is 0 Å². The predicted molar refractivity (Wildman–Crippen MR) is 118 cm³/mol. The Balaban J connectivity index is 1.76. The third-order valence-corrected chi connectivity index (χ3v) is 4.96. The van der Waals surface area contributed by atoms with Crippen LogP contribution in [0.1, 0.15) is 22.6 Å². The molecule has 3 rings (SSSR count). The first kappa shape index (κ1) is 21.4. The molecular formula is C21H23N5O3S. The lowest BCUT2D eigenvalue weighted by Gasteiger charge is -2.13. The first-order valence-electron chi connectivity index (χ1n) is 9.38. The first-order valence-corrected chi connectivity index (χ1v) is 10.8. The van der Waals surface area contributed by atoms with Gasteiger partial charge in [-0.05, 0) is 30.5 Å². The minimum atomic E-state index is -0.495. The molecule has 3 aromatic rings. The number of primary amides is 1. The highest BCUT2D eigenvalue weighted by atomic mass is 32.2. The van der Waals surface area contributed by atoms with Gasteiger partial charge in [0.15, 0.2) is 0 Å². The molecule has 0 aliphatic carbocycles. The molecule has 0 bridgehead atoms. The summed E-state index contributed by atoms with van der Waals surface area (Å²) in [6.07, 6.45) is 2.03. The second-order valence-corrected chi connectivity index (χ2v) is 7.47. The third kappa shape index (κ3) is 5.18. The molecule has 0 saturated carbocycles. The van der Waals surface area contributed by atoms with E-state index in [2.05, 4.69) is 15.6 Å². The normalized spacial score (nSPS) is 10.7. The van der Waals surface area contributed by atoms with Crippen molar-refractivity contribution in [3.8, 4) is 0 Å². The fourth-order valence-electron chi connectivity index (χ4n) is 3.06. The van der Waals surface area contributed by atoms with Crippen LogP contribution in [0.15, 0.2) is 48.5 Å². The summed E-state index contributed by atoms with van der Waals surface area (Å²) in [5, 5.41) is 5.45. The zero-order chi connectivity index (χ0) is 21.5. The highest BCUT2D eigenvalue weighted by Gasteiger charge is 2.16. The molecule has 1 heterocycles. The van der Waals surface area contributed by atoms with Gasteiger partial charge in [0.05, 0.1) is 28.0 Å². The summed E-state index contributed by atoms with van der Waals surface area (Å²) in [6, 6.07) is 14.4. The smallest absolute Gasteiger partial charge is 0.253 e. The molecule has 9 heteroatoms. The first-order chi connectivity index (χ1) is 14.5. The molecule has 0 spiro atoms. The number of thioether (sulfide) groups is 1. The van der Waals surface area contributed by atoms with E-state index in [0.29, 0.717) is 17.0 Å². The van der Waals surface area contributed by atoms with E-state index in [1.807, 2.05) is 35.1 Å². The number of carbonyl (C=O) groups excluding carboxylic acids is 3. The van der Waals surface area contributed by atoms with Gasteiger partial charge in [-0.15, -0.1) is 0 Å². The number of nitrogens with one attached hydrogen (secondary N) is 2. The molecular weight excluding hydrogens is 402 g/mol. The largest absolute Gasteiger partial charge is 0.370 e. The summed E-state index contributed by atoms with van der Waals surface area (Å²) in [5.74, 6) is 0.351. The Hall–Kier alpha value is -3.33. The third-order valence-electron chi connectivity index (χ3n) is 4.41. The van der Waals surface area contributed by atoms with Crippen LogP contribution >= 0.6 is 11.8 Å². The number of benzene rings is 2. The van der Waals surface area contributed by atoms with Crippen molar-refractivity contribution in [2.24, 2.45) is 5.73 Å². The van der Waals surface area contributed by atoms with E-state index < -0.39 is 5.91 Å². The van der Waals surface area contributed by atoms with Gasteiger partial charge in [-0.3, -0.25) is 14.4 Å². The monoisotopic (exact) mass is 425 g/mol. The van der Waals surface area contributed by atoms with Crippen molar-refractivity contribution >= 4 is 46.2 Å². The Kier molecular flexibility index (Phi) is 7.08. The molecule has 0 atom stereocenters. The van der Waals surface area contributed by atoms with E-state index in [9.17, 15) is 14.4 Å². The van der Waals surface area contributed by atoms with Crippen molar-refractivity contribution in [2.75, 3.05) is 18.1 Å². The second-order valence-electron chi connectivity index (χ2n) is 6.60. The van der Waals surface area contributed by atoms with E-state index in [4.69, 9.17) is 5.73 Å². The van der Waals surface area contributed by atoms with Gasteiger partial charge in [0.25, 0.3) is 5.91 Å². The fourth-order valence-corrected chi connectivity index (χ4v) is 3.54. The molecule has 0 aliphatic heterocycles. The molecule has 156 valence electrons. The molecule has 0 aliphatic rings. The van der Waals surface area contributed by atoms with Crippen molar-refractivity contribution in [3.63, 3.8) is 0 Å². The zero-order valence-electron chi connectivity index (χ0n) is 16.6. The number of rotatable bonds is 9. The highest BCUT2D eigenvalue weighted by molar-refractivity contribution is 7.97. The molecule has 30 heavy (non-hydrogen) atoms. The number of nitrogens with zero attached hydrogens (tertiary/aromatic N) is 2. The van der Waals surface area contributed by atoms with Gasteiger partial charge in [-0.25, -0.2) is 4.98 Å². The number of carbonyl (C=O) groups is 3. The van der Waals surface area contributed by atoms with Gasteiger partial charge in [0, 0.05) is 13.0 Å². The van der Waals surface area contributed by atoms with Crippen LogP contribution in [0, 0.1) is 0 Å². The maximum absolute atomic E-state index is 12.8. The molecule has 0 unspecified atom stereocenters. The zero-order valence-corrected chi connectivity index (χ0v) is 17.4. The lowest BCUT2D eigenvalue weighted by molar-refractivity contribution is -0.118. The quantitative estimate of drug-likeness (QED) is 0.485. The number of hydrogen-bond acceptors (Lipinski definition) is 5. The molecule has 4 N–H and O–H groups in total. The van der Waals surface area contributed by atoms with Gasteiger partial charge in [-0.2, -0.15) is 11.8 Å². The Labute approximate surface area is 178 Å². The summed E-state index contributed by atoms with van der Waals surface area (Å²) in [6.45, 7) is 0.212. The van der Waals surface area contributed by atoms with Crippen molar-refractivity contribution < 1.29 is 14.4 Å². The van der Waals surface area contributed by atoms with Crippen molar-refractivity contribution in [3.05, 3.63) is 59.9 Å². The SMILES string of the molecule is CSCc1nc2ccccc2n1CC(=O)Nc1ccccc1C(=O)NCCC(N)=O. The maximum Gasteiger partial charge on any atom is 0.253 e. The Morgan fingerprint density at radius 2 is 1.83 bits per heavy atom. The molecule has 0 saturated heterocycles. The standard InChI is InChI=1S/C21H23N5O3S/c1-30-13-19-24-16-8-4-5-9-17(16)26(19)12-20(28)25-15-7-3-2-6-14(15)21(29)23-11-10-18(22)27/h2-9H,10-13H2,1H3,(H2,22,27)(H,23,29)(H,25,28). The van der Waals surface area contributed by atoms with Crippen LogP contribution < -0.4 is 16.4 Å². The van der Waals surface area contributed by atoms with Crippen LogP contribution in [0.3, 0.4) is 0 Å². The van der Waals surface area contributed by atoms with Crippen LogP contribution in [-0.2, 0) is 21.9 Å². The van der Waals surface area contributed by atoms with Crippen LogP contribution in [0.5, 0.6) is 0 Å². The van der Waals surface area contributed by atoms with Crippen molar-refractivity contribution in [1.82, 2.24) is 14.9 Å². The topological polar surface area (TPSA) is 119 Å². The van der Waals surface area contributed by atoms with Gasteiger partial charge in [-0.1, -0.05) is 24.3 Å². The number of nitrogens with two attached hydrogens (primary N) is 1. The van der Waals surface area contributed by atoms with E-state index in [-0.39, 0.29) is 31.3 Å². The average Bonchev–Trinajstić information content (AvgIpc) is 3.05. The molecule has 2 aromatic carbocycles. The highest BCUT2D eigenvalue weighted by Crippen LogP contribution is 2.20. The minimum Gasteiger partial charge on any atom is -0.370 e. The summed E-state index contributed by atoms with van der Waals surface area (Å²) in [5.41, 5.74) is 7.53. The van der Waals surface area contributed by atoms with Crippen LogP contribution in [0.25, 0.3) is 11.0 Å².